The van der Waals surface area contributed by atoms with Crippen LogP contribution in [0.4, 0.5) is 0 Å². The Morgan fingerprint density at radius 2 is 1.58 bits per heavy atom. The van der Waals surface area contributed by atoms with E-state index in [-0.39, 0.29) is 5.91 Å². The van der Waals surface area contributed by atoms with Crippen molar-refractivity contribution in [1.82, 2.24) is 14.5 Å². The highest BCUT2D eigenvalue weighted by molar-refractivity contribution is 7.89. The van der Waals surface area contributed by atoms with Gasteiger partial charge in [-0.3, -0.25) is 9.69 Å². The van der Waals surface area contributed by atoms with Gasteiger partial charge >= 0.3 is 0 Å². The topological polar surface area (TPSA) is 69.7 Å². The lowest BCUT2D eigenvalue weighted by molar-refractivity contribution is -0.122. The van der Waals surface area contributed by atoms with Crippen molar-refractivity contribution < 1.29 is 13.2 Å². The molecule has 1 heterocycles. The van der Waals surface area contributed by atoms with Crippen LogP contribution in [-0.2, 0) is 14.8 Å². The summed E-state index contributed by atoms with van der Waals surface area (Å²) in [4.78, 5) is 14.4. The molecular weight excluding hydrogens is 350 g/mol. The van der Waals surface area contributed by atoms with Crippen LogP contribution in [0.3, 0.4) is 0 Å². The zero-order valence-corrected chi connectivity index (χ0v) is 16.9. The molecule has 1 aromatic carbocycles. The molecule has 1 aliphatic carbocycles. The number of rotatable bonds is 5. The minimum atomic E-state index is -3.52. The van der Waals surface area contributed by atoms with Crippen LogP contribution < -0.4 is 5.32 Å². The van der Waals surface area contributed by atoms with E-state index in [1.165, 1.54) is 0 Å². The van der Waals surface area contributed by atoms with Crippen LogP contribution in [0.1, 0.15) is 35.1 Å². The number of piperazine rings is 1. The predicted octanol–water partition coefficient (Wildman–Crippen LogP) is 1.51. The molecule has 1 N–H and O–H groups in total. The lowest BCUT2D eigenvalue weighted by Crippen LogP contribution is -2.51. The fourth-order valence-electron chi connectivity index (χ4n) is 3.53. The van der Waals surface area contributed by atoms with Crippen LogP contribution >= 0.6 is 0 Å². The maximum atomic E-state index is 13.2. The van der Waals surface area contributed by atoms with E-state index in [1.807, 2.05) is 38.7 Å². The average Bonchev–Trinajstić information content (AvgIpc) is 3.37. The molecule has 1 aromatic rings. The fraction of sp³-hybridized carbons (Fsp3) is 0.632. The molecule has 2 fully saturated rings. The lowest BCUT2D eigenvalue weighted by Gasteiger charge is -2.34. The molecule has 1 saturated carbocycles. The fourth-order valence-corrected chi connectivity index (χ4v) is 5.53. The molecule has 1 amide bonds. The highest BCUT2D eigenvalue weighted by Gasteiger charge is 2.32. The minimum Gasteiger partial charge on any atom is -0.352 e. The first-order valence-electron chi connectivity index (χ1n) is 9.29. The summed E-state index contributed by atoms with van der Waals surface area (Å²) >= 11 is 0. The van der Waals surface area contributed by atoms with Gasteiger partial charge in [0.25, 0.3) is 0 Å². The van der Waals surface area contributed by atoms with Gasteiger partial charge in [-0.1, -0.05) is 6.07 Å². The molecule has 0 unspecified atom stereocenters. The van der Waals surface area contributed by atoms with Gasteiger partial charge in [0, 0.05) is 32.2 Å². The Labute approximate surface area is 156 Å². The van der Waals surface area contributed by atoms with Gasteiger partial charge in [-0.25, -0.2) is 8.42 Å². The van der Waals surface area contributed by atoms with Gasteiger partial charge < -0.3 is 5.32 Å². The van der Waals surface area contributed by atoms with E-state index >= 15 is 0 Å². The molecule has 144 valence electrons. The third kappa shape index (κ3) is 3.94. The Bertz CT molecular complexity index is 782. The number of amides is 1. The van der Waals surface area contributed by atoms with Gasteiger partial charge in [-0.15, -0.1) is 0 Å². The Balaban J connectivity index is 1.69. The Morgan fingerprint density at radius 1 is 1.04 bits per heavy atom. The number of sulfonamides is 1. The summed E-state index contributed by atoms with van der Waals surface area (Å²) in [5.74, 6) is 0.0461. The number of hydrogen-bond donors (Lipinski definition) is 1. The molecule has 26 heavy (non-hydrogen) atoms. The predicted molar refractivity (Wildman–Crippen MR) is 102 cm³/mol. The van der Waals surface area contributed by atoms with Crippen LogP contribution in [0.5, 0.6) is 0 Å². The summed E-state index contributed by atoms with van der Waals surface area (Å²) in [6.07, 6.45) is 2.15. The second-order valence-electron chi connectivity index (χ2n) is 7.61. The first-order valence-corrected chi connectivity index (χ1v) is 10.7. The highest BCUT2D eigenvalue weighted by atomic mass is 32.2. The molecule has 0 spiro atoms. The van der Waals surface area contributed by atoms with Crippen LogP contribution in [0.2, 0.25) is 0 Å². The van der Waals surface area contributed by atoms with E-state index in [0.717, 1.165) is 35.1 Å². The Morgan fingerprint density at radius 3 is 2.08 bits per heavy atom. The van der Waals surface area contributed by atoms with Gasteiger partial charge in [0.1, 0.15) is 0 Å². The van der Waals surface area contributed by atoms with Crippen LogP contribution in [0.25, 0.3) is 0 Å². The molecule has 2 aliphatic rings. The first kappa shape index (κ1) is 19.3. The summed E-state index contributed by atoms with van der Waals surface area (Å²) in [6.45, 7) is 10.0. The average molecular weight is 380 g/mol. The monoisotopic (exact) mass is 379 g/mol. The number of carbonyl (C=O) groups excluding carboxylic acids is 1. The minimum absolute atomic E-state index is 0.0461. The van der Waals surface area contributed by atoms with Gasteiger partial charge in [0.15, 0.2) is 0 Å². The zero-order chi connectivity index (χ0) is 19.1. The third-order valence-corrected chi connectivity index (χ3v) is 7.71. The van der Waals surface area contributed by atoms with Crippen LogP contribution in [0.15, 0.2) is 11.0 Å². The molecule has 1 aliphatic heterocycles. The number of nitrogens with zero attached hydrogens (tertiary/aromatic N) is 2. The van der Waals surface area contributed by atoms with E-state index < -0.39 is 10.0 Å². The van der Waals surface area contributed by atoms with E-state index in [9.17, 15) is 13.2 Å². The second-order valence-corrected chi connectivity index (χ2v) is 9.49. The normalized spacial score (nSPS) is 19.5. The van der Waals surface area contributed by atoms with Gasteiger partial charge in [-0.2, -0.15) is 4.31 Å². The molecule has 0 bridgehead atoms. The van der Waals surface area contributed by atoms with Crippen molar-refractivity contribution in [3.8, 4) is 0 Å². The smallest absolute Gasteiger partial charge is 0.243 e. The van der Waals surface area contributed by atoms with E-state index in [4.69, 9.17) is 0 Å². The molecule has 0 aromatic heterocycles. The zero-order valence-electron chi connectivity index (χ0n) is 16.1. The third-order valence-electron chi connectivity index (χ3n) is 5.54. The summed E-state index contributed by atoms with van der Waals surface area (Å²) in [5.41, 5.74) is 3.67. The highest BCUT2D eigenvalue weighted by Crippen LogP contribution is 2.29. The standard InChI is InChI=1S/C19H29N3O3S/c1-13-11-14(2)16(4)19(15(13)3)26(24,25)22-9-7-21(8-10-22)12-18(23)20-17-5-6-17/h11,17H,5-10,12H2,1-4H3,(H,20,23). The maximum Gasteiger partial charge on any atom is 0.243 e. The van der Waals surface area contributed by atoms with E-state index in [2.05, 4.69) is 5.32 Å². The van der Waals surface area contributed by atoms with Gasteiger partial charge in [-0.05, 0) is 62.8 Å². The Kier molecular flexibility index (Phi) is 5.42. The second kappa shape index (κ2) is 7.29. The number of benzene rings is 1. The lowest BCUT2D eigenvalue weighted by atomic mass is 10.0. The number of nitrogens with one attached hydrogen (secondary N) is 1. The molecule has 3 rings (SSSR count). The van der Waals surface area contributed by atoms with Crippen molar-refractivity contribution in [2.45, 2.75) is 51.5 Å². The summed E-state index contributed by atoms with van der Waals surface area (Å²) < 4.78 is 28.1. The summed E-state index contributed by atoms with van der Waals surface area (Å²) in [7, 11) is -3.52. The maximum absolute atomic E-state index is 13.2. The summed E-state index contributed by atoms with van der Waals surface area (Å²) in [5, 5.41) is 2.98. The van der Waals surface area contributed by atoms with Crippen molar-refractivity contribution in [1.29, 1.82) is 0 Å². The van der Waals surface area contributed by atoms with Crippen LogP contribution in [-0.4, -0.2) is 62.3 Å². The van der Waals surface area contributed by atoms with Crippen molar-refractivity contribution >= 4 is 15.9 Å². The van der Waals surface area contributed by atoms with Crippen molar-refractivity contribution in [2.75, 3.05) is 32.7 Å². The van der Waals surface area contributed by atoms with Crippen molar-refractivity contribution in [3.63, 3.8) is 0 Å². The number of carbonyl (C=O) groups is 1. The molecular formula is C19H29N3O3S. The quantitative estimate of drug-likeness (QED) is 0.842. The Hall–Kier alpha value is -1.44. The SMILES string of the molecule is Cc1cc(C)c(C)c(S(=O)(=O)N2CCN(CC(=O)NC3CC3)CC2)c1C. The molecule has 6 nitrogen and oxygen atoms in total. The molecule has 7 heteroatoms. The number of hydrogen-bond acceptors (Lipinski definition) is 4. The number of aryl methyl sites for hydroxylation is 2. The van der Waals surface area contributed by atoms with E-state index in [0.29, 0.717) is 43.7 Å². The summed E-state index contributed by atoms with van der Waals surface area (Å²) in [6, 6.07) is 2.40. The largest absolute Gasteiger partial charge is 0.352 e. The molecule has 0 radical (unpaired) electrons. The molecule has 0 atom stereocenters. The first-order chi connectivity index (χ1) is 12.2. The van der Waals surface area contributed by atoms with Gasteiger partial charge in [0.2, 0.25) is 15.9 Å². The van der Waals surface area contributed by atoms with Crippen molar-refractivity contribution in [2.24, 2.45) is 0 Å². The van der Waals surface area contributed by atoms with Crippen molar-refractivity contribution in [3.05, 3.63) is 28.3 Å². The van der Waals surface area contributed by atoms with E-state index in [1.54, 1.807) is 4.31 Å². The molecule has 1 saturated heterocycles. The van der Waals surface area contributed by atoms with Crippen LogP contribution in [0, 0.1) is 27.7 Å². The van der Waals surface area contributed by atoms with Gasteiger partial charge in [0.05, 0.1) is 11.4 Å².